The van der Waals surface area contributed by atoms with E-state index in [0.29, 0.717) is 11.3 Å². The number of nitrogens with zero attached hydrogens (tertiary/aromatic N) is 3. The summed E-state index contributed by atoms with van der Waals surface area (Å²) in [5.41, 5.74) is 3.71. The summed E-state index contributed by atoms with van der Waals surface area (Å²) in [5, 5.41) is 11.1. The second-order valence-electron chi connectivity index (χ2n) is 6.55. The molecule has 0 aliphatic heterocycles. The average Bonchev–Trinajstić information content (AvgIpc) is 3.07. The molecule has 28 heavy (non-hydrogen) atoms. The first-order chi connectivity index (χ1) is 13.6. The summed E-state index contributed by atoms with van der Waals surface area (Å²) < 4.78 is 2.35. The first kappa shape index (κ1) is 18.1. The van der Waals surface area contributed by atoms with Gasteiger partial charge in [-0.3, -0.25) is 19.4 Å². The lowest BCUT2D eigenvalue weighted by Crippen LogP contribution is -2.15. The number of aryl methyl sites for hydroxylation is 1. The molecule has 1 amide bonds. The van der Waals surface area contributed by atoms with Crippen LogP contribution in [-0.4, -0.2) is 25.7 Å². The Kier molecular flexibility index (Phi) is 4.99. The van der Waals surface area contributed by atoms with Crippen molar-refractivity contribution < 1.29 is 4.79 Å². The molecular weight excluding hydrogens is 370 g/mol. The van der Waals surface area contributed by atoms with Crippen molar-refractivity contribution in [1.82, 2.24) is 19.7 Å². The van der Waals surface area contributed by atoms with E-state index in [1.165, 1.54) is 0 Å². The molecule has 0 aliphatic rings. The lowest BCUT2D eigenvalue weighted by atomic mass is 10.1. The minimum absolute atomic E-state index is 0.0883. The number of nitrogens with one attached hydrogen (secondary N) is 2. The molecule has 4 rings (SSSR count). The number of amides is 1. The standard InChI is InChI=1S/C21H19N5OS/c1-14-5-2-6-15(13-14)20-24-25-21(28)26(20)12-10-19(27)23-18-9-3-8-17-16(18)7-4-11-22-17/h2-9,11,13H,10,12H2,1H3,(H,23,27)(H,25,28). The number of rotatable bonds is 5. The molecule has 4 aromatic rings. The van der Waals surface area contributed by atoms with Crippen LogP contribution < -0.4 is 5.32 Å². The van der Waals surface area contributed by atoms with Gasteiger partial charge < -0.3 is 5.32 Å². The molecule has 0 fully saturated rings. The maximum Gasteiger partial charge on any atom is 0.226 e. The largest absolute Gasteiger partial charge is 0.325 e. The number of carbonyl (C=O) groups excluding carboxylic acids is 1. The van der Waals surface area contributed by atoms with Gasteiger partial charge in [0.05, 0.1) is 11.2 Å². The number of hydrogen-bond acceptors (Lipinski definition) is 4. The number of fused-ring (bicyclic) bond motifs is 1. The molecule has 0 bridgehead atoms. The van der Waals surface area contributed by atoms with Crippen LogP contribution >= 0.6 is 12.2 Å². The van der Waals surface area contributed by atoms with Crippen LogP contribution in [0.3, 0.4) is 0 Å². The summed E-state index contributed by atoms with van der Waals surface area (Å²) in [6, 6.07) is 17.5. The van der Waals surface area contributed by atoms with E-state index in [0.717, 1.165) is 33.5 Å². The van der Waals surface area contributed by atoms with E-state index < -0.39 is 0 Å². The van der Waals surface area contributed by atoms with Crippen LogP contribution in [0.4, 0.5) is 5.69 Å². The van der Waals surface area contributed by atoms with E-state index in [9.17, 15) is 4.79 Å². The van der Waals surface area contributed by atoms with Gasteiger partial charge >= 0.3 is 0 Å². The van der Waals surface area contributed by atoms with Gasteiger partial charge in [0.1, 0.15) is 0 Å². The van der Waals surface area contributed by atoms with Crippen molar-refractivity contribution >= 4 is 34.7 Å². The molecular formula is C21H19N5OS. The minimum atomic E-state index is -0.0883. The highest BCUT2D eigenvalue weighted by atomic mass is 32.1. The van der Waals surface area contributed by atoms with E-state index in [1.54, 1.807) is 6.20 Å². The Bertz CT molecular complexity index is 1210. The number of anilines is 1. The molecule has 0 radical (unpaired) electrons. The van der Waals surface area contributed by atoms with E-state index >= 15 is 0 Å². The summed E-state index contributed by atoms with van der Waals surface area (Å²) in [6.45, 7) is 2.47. The second-order valence-corrected chi connectivity index (χ2v) is 6.93. The van der Waals surface area contributed by atoms with Gasteiger partial charge in [-0.05, 0) is 49.5 Å². The molecule has 2 N–H and O–H groups in total. The van der Waals surface area contributed by atoms with Gasteiger partial charge in [-0.2, -0.15) is 5.10 Å². The monoisotopic (exact) mass is 389 g/mol. The Hall–Kier alpha value is -3.32. The van der Waals surface area contributed by atoms with E-state index in [-0.39, 0.29) is 12.3 Å². The van der Waals surface area contributed by atoms with Gasteiger partial charge in [0, 0.05) is 30.1 Å². The van der Waals surface area contributed by atoms with Gasteiger partial charge in [-0.15, -0.1) is 0 Å². The van der Waals surface area contributed by atoms with Crippen molar-refractivity contribution in [3.8, 4) is 11.4 Å². The molecule has 6 nitrogen and oxygen atoms in total. The van der Waals surface area contributed by atoms with Crippen LogP contribution in [0.1, 0.15) is 12.0 Å². The lowest BCUT2D eigenvalue weighted by Gasteiger charge is -2.10. The lowest BCUT2D eigenvalue weighted by molar-refractivity contribution is -0.116. The third-order valence-corrected chi connectivity index (χ3v) is 4.83. The smallest absolute Gasteiger partial charge is 0.226 e. The number of H-pyrrole nitrogens is 1. The van der Waals surface area contributed by atoms with Crippen LogP contribution in [0.25, 0.3) is 22.3 Å². The number of pyridine rings is 1. The first-order valence-electron chi connectivity index (χ1n) is 8.97. The maximum absolute atomic E-state index is 12.6. The highest BCUT2D eigenvalue weighted by Crippen LogP contribution is 2.22. The van der Waals surface area contributed by atoms with Crippen LogP contribution in [0, 0.1) is 11.7 Å². The topological polar surface area (TPSA) is 75.6 Å². The summed E-state index contributed by atoms with van der Waals surface area (Å²) in [4.78, 5) is 16.9. The molecule has 0 saturated carbocycles. The highest BCUT2D eigenvalue weighted by Gasteiger charge is 2.12. The predicted molar refractivity (Wildman–Crippen MR) is 113 cm³/mol. The SMILES string of the molecule is Cc1cccc(-c2n[nH]c(=S)n2CCC(=O)Nc2cccc3ncccc23)c1. The van der Waals surface area contributed by atoms with Crippen LogP contribution in [-0.2, 0) is 11.3 Å². The molecule has 2 aromatic heterocycles. The quantitative estimate of drug-likeness (QED) is 0.493. The van der Waals surface area contributed by atoms with Crippen molar-refractivity contribution in [3.63, 3.8) is 0 Å². The third kappa shape index (κ3) is 3.70. The molecule has 2 aromatic carbocycles. The summed E-state index contributed by atoms with van der Waals surface area (Å²) in [6.07, 6.45) is 2.02. The molecule has 2 heterocycles. The summed E-state index contributed by atoms with van der Waals surface area (Å²) >= 11 is 5.36. The fourth-order valence-electron chi connectivity index (χ4n) is 3.17. The zero-order chi connectivity index (χ0) is 19.5. The number of aromatic nitrogens is 4. The Labute approximate surface area is 167 Å². The zero-order valence-corrected chi connectivity index (χ0v) is 16.2. The molecule has 0 unspecified atom stereocenters. The molecule has 140 valence electrons. The zero-order valence-electron chi connectivity index (χ0n) is 15.3. The van der Waals surface area contributed by atoms with Crippen LogP contribution in [0.2, 0.25) is 0 Å². The fourth-order valence-corrected chi connectivity index (χ4v) is 3.39. The predicted octanol–water partition coefficient (Wildman–Crippen LogP) is 4.49. The Morgan fingerprint density at radius 1 is 1.18 bits per heavy atom. The van der Waals surface area contributed by atoms with E-state index in [4.69, 9.17) is 12.2 Å². The van der Waals surface area contributed by atoms with Crippen LogP contribution in [0.15, 0.2) is 60.8 Å². The Balaban J connectivity index is 1.51. The fraction of sp³-hybridized carbons (Fsp3) is 0.143. The van der Waals surface area contributed by atoms with Crippen molar-refractivity contribution in [2.24, 2.45) is 0 Å². The average molecular weight is 389 g/mol. The molecule has 0 aliphatic carbocycles. The van der Waals surface area contributed by atoms with E-state index in [2.05, 4.69) is 20.5 Å². The third-order valence-electron chi connectivity index (χ3n) is 4.52. The summed E-state index contributed by atoms with van der Waals surface area (Å²) in [7, 11) is 0. The summed E-state index contributed by atoms with van der Waals surface area (Å²) in [5.74, 6) is 0.644. The van der Waals surface area contributed by atoms with Crippen LogP contribution in [0.5, 0.6) is 0 Å². The van der Waals surface area contributed by atoms with Crippen molar-refractivity contribution in [2.45, 2.75) is 19.9 Å². The van der Waals surface area contributed by atoms with Gasteiger partial charge in [-0.1, -0.05) is 29.8 Å². The highest BCUT2D eigenvalue weighted by molar-refractivity contribution is 7.71. The van der Waals surface area contributed by atoms with Crippen molar-refractivity contribution in [1.29, 1.82) is 0 Å². The Morgan fingerprint density at radius 3 is 2.89 bits per heavy atom. The number of benzene rings is 2. The Morgan fingerprint density at radius 2 is 2.04 bits per heavy atom. The second kappa shape index (κ2) is 7.74. The van der Waals surface area contributed by atoms with Crippen molar-refractivity contribution in [3.05, 3.63) is 71.1 Å². The molecule has 7 heteroatoms. The number of carbonyl (C=O) groups is 1. The molecule has 0 atom stereocenters. The van der Waals surface area contributed by atoms with Gasteiger partial charge in [0.2, 0.25) is 5.91 Å². The maximum atomic E-state index is 12.6. The number of aromatic amines is 1. The minimum Gasteiger partial charge on any atom is -0.325 e. The number of hydrogen-bond donors (Lipinski definition) is 2. The van der Waals surface area contributed by atoms with Gasteiger partial charge in [-0.25, -0.2) is 0 Å². The van der Waals surface area contributed by atoms with Crippen molar-refractivity contribution in [2.75, 3.05) is 5.32 Å². The molecule has 0 saturated heterocycles. The van der Waals surface area contributed by atoms with Gasteiger partial charge in [0.25, 0.3) is 0 Å². The normalized spacial score (nSPS) is 10.9. The molecule has 0 spiro atoms. The van der Waals surface area contributed by atoms with E-state index in [1.807, 2.05) is 66.1 Å². The first-order valence-corrected chi connectivity index (χ1v) is 9.38. The van der Waals surface area contributed by atoms with Gasteiger partial charge in [0.15, 0.2) is 10.6 Å².